The van der Waals surface area contributed by atoms with Crippen molar-refractivity contribution in [2.24, 2.45) is 0 Å². The van der Waals surface area contributed by atoms with Crippen molar-refractivity contribution in [1.82, 2.24) is 4.90 Å². The van der Waals surface area contributed by atoms with Gasteiger partial charge < -0.3 is 4.74 Å². The first-order chi connectivity index (χ1) is 12.9. The van der Waals surface area contributed by atoms with E-state index in [1.807, 2.05) is 55.5 Å². The third kappa shape index (κ3) is 4.08. The smallest absolute Gasteiger partial charge is 0.293 e. The molecule has 1 aliphatic heterocycles. The van der Waals surface area contributed by atoms with E-state index in [-0.39, 0.29) is 11.1 Å². The average molecular weight is 381 g/mol. The lowest BCUT2D eigenvalue weighted by molar-refractivity contribution is -0.123. The largest absolute Gasteiger partial charge is 0.496 e. The molecular formula is C22H23NO3S. The molecule has 0 unspecified atom stereocenters. The Morgan fingerprint density at radius 3 is 2.48 bits per heavy atom. The molecule has 2 aromatic carbocycles. The number of nitrogens with zero attached hydrogens (tertiary/aromatic N) is 1. The van der Waals surface area contributed by atoms with Gasteiger partial charge in [-0.25, -0.2) is 0 Å². The Bertz CT molecular complexity index is 903. The molecule has 1 fully saturated rings. The van der Waals surface area contributed by atoms with Gasteiger partial charge in [0.2, 0.25) is 0 Å². The quantitative estimate of drug-likeness (QED) is 0.654. The number of hydrogen-bond donors (Lipinski definition) is 0. The van der Waals surface area contributed by atoms with Gasteiger partial charge in [0.1, 0.15) is 5.75 Å². The van der Waals surface area contributed by atoms with E-state index in [1.54, 1.807) is 7.11 Å². The summed E-state index contributed by atoms with van der Waals surface area (Å²) in [6.45, 7) is 6.48. The topological polar surface area (TPSA) is 46.6 Å². The Labute approximate surface area is 164 Å². The van der Waals surface area contributed by atoms with Crippen molar-refractivity contribution in [3.63, 3.8) is 0 Å². The molecule has 0 radical (unpaired) electrons. The number of ether oxygens (including phenoxy) is 1. The molecule has 2 amide bonds. The number of aryl methyl sites for hydroxylation is 1. The number of benzene rings is 2. The van der Waals surface area contributed by atoms with Crippen molar-refractivity contribution in [1.29, 1.82) is 0 Å². The SMILES string of the molecule is COc1cc(C)c(C=C2SC(=O)N(Cc3ccccc3)C2=O)cc1C(C)C. The number of imide groups is 1. The van der Waals surface area contributed by atoms with Gasteiger partial charge >= 0.3 is 0 Å². The van der Waals surface area contributed by atoms with Crippen molar-refractivity contribution in [3.05, 3.63) is 69.6 Å². The van der Waals surface area contributed by atoms with Gasteiger partial charge in [0, 0.05) is 0 Å². The standard InChI is InChI=1S/C22H23NO3S/c1-14(2)18-11-17(15(3)10-19(18)26-4)12-20-21(24)23(22(25)27-20)13-16-8-6-5-7-9-16/h5-12,14H,13H2,1-4H3. The fraction of sp³-hybridized carbons (Fsp3) is 0.273. The molecule has 2 aromatic rings. The van der Waals surface area contributed by atoms with Crippen LogP contribution in [0.25, 0.3) is 6.08 Å². The highest BCUT2D eigenvalue weighted by atomic mass is 32.2. The molecule has 5 heteroatoms. The molecule has 0 atom stereocenters. The number of carbonyl (C=O) groups is 2. The van der Waals surface area contributed by atoms with Crippen LogP contribution in [0.3, 0.4) is 0 Å². The lowest BCUT2D eigenvalue weighted by Crippen LogP contribution is -2.27. The normalized spacial score (nSPS) is 15.9. The van der Waals surface area contributed by atoms with Crippen LogP contribution in [0.2, 0.25) is 0 Å². The van der Waals surface area contributed by atoms with Crippen LogP contribution < -0.4 is 4.74 Å². The summed E-state index contributed by atoms with van der Waals surface area (Å²) in [4.78, 5) is 26.9. The van der Waals surface area contributed by atoms with E-state index in [2.05, 4.69) is 13.8 Å². The van der Waals surface area contributed by atoms with Gasteiger partial charge in [0.05, 0.1) is 18.6 Å². The van der Waals surface area contributed by atoms with Gasteiger partial charge in [-0.15, -0.1) is 0 Å². The van der Waals surface area contributed by atoms with E-state index in [0.29, 0.717) is 17.4 Å². The molecule has 3 rings (SSSR count). The highest BCUT2D eigenvalue weighted by molar-refractivity contribution is 8.18. The molecule has 140 valence electrons. The maximum atomic E-state index is 12.8. The molecule has 1 aliphatic rings. The predicted molar refractivity (Wildman–Crippen MR) is 110 cm³/mol. The van der Waals surface area contributed by atoms with Crippen molar-refractivity contribution in [3.8, 4) is 5.75 Å². The molecule has 0 aromatic heterocycles. The first kappa shape index (κ1) is 19.2. The summed E-state index contributed by atoms with van der Waals surface area (Å²) in [6.07, 6.45) is 1.82. The second kappa shape index (κ2) is 8.01. The first-order valence-corrected chi connectivity index (χ1v) is 9.70. The van der Waals surface area contributed by atoms with Gasteiger partial charge in [0.25, 0.3) is 11.1 Å². The molecule has 4 nitrogen and oxygen atoms in total. The monoisotopic (exact) mass is 381 g/mol. The van der Waals surface area contributed by atoms with Gasteiger partial charge in [-0.2, -0.15) is 0 Å². The summed E-state index contributed by atoms with van der Waals surface area (Å²) < 4.78 is 5.48. The second-order valence-electron chi connectivity index (χ2n) is 6.86. The molecule has 0 saturated carbocycles. The first-order valence-electron chi connectivity index (χ1n) is 8.88. The van der Waals surface area contributed by atoms with Gasteiger partial charge in [-0.1, -0.05) is 44.2 Å². The Kier molecular flexibility index (Phi) is 5.71. The molecule has 1 saturated heterocycles. The van der Waals surface area contributed by atoms with Crippen molar-refractivity contribution >= 4 is 29.0 Å². The van der Waals surface area contributed by atoms with Crippen molar-refractivity contribution in [2.75, 3.05) is 7.11 Å². The second-order valence-corrected chi connectivity index (χ2v) is 7.85. The third-order valence-corrected chi connectivity index (χ3v) is 5.49. The lowest BCUT2D eigenvalue weighted by Gasteiger charge is -2.15. The number of rotatable bonds is 5. The van der Waals surface area contributed by atoms with Crippen molar-refractivity contribution in [2.45, 2.75) is 33.2 Å². The van der Waals surface area contributed by atoms with Crippen LogP contribution in [-0.4, -0.2) is 23.2 Å². The highest BCUT2D eigenvalue weighted by Gasteiger charge is 2.35. The van der Waals surface area contributed by atoms with Gasteiger partial charge in [0.15, 0.2) is 0 Å². The summed E-state index contributed by atoms with van der Waals surface area (Å²) in [5, 5.41) is -0.231. The predicted octanol–water partition coefficient (Wildman–Crippen LogP) is 5.36. The van der Waals surface area contributed by atoms with Gasteiger partial charge in [-0.05, 0) is 65.1 Å². The van der Waals surface area contributed by atoms with E-state index in [4.69, 9.17) is 4.74 Å². The van der Waals surface area contributed by atoms with E-state index >= 15 is 0 Å². The zero-order chi connectivity index (χ0) is 19.6. The van der Waals surface area contributed by atoms with Crippen LogP contribution in [-0.2, 0) is 11.3 Å². The molecular weight excluding hydrogens is 358 g/mol. The minimum absolute atomic E-state index is 0.231. The van der Waals surface area contributed by atoms with Crippen LogP contribution in [0, 0.1) is 6.92 Å². The molecule has 1 heterocycles. The molecule has 0 bridgehead atoms. The summed E-state index contributed by atoms with van der Waals surface area (Å²) in [5.74, 6) is 0.896. The lowest BCUT2D eigenvalue weighted by atomic mass is 9.96. The maximum absolute atomic E-state index is 12.8. The Morgan fingerprint density at radius 2 is 1.85 bits per heavy atom. The van der Waals surface area contributed by atoms with Crippen LogP contribution in [0.15, 0.2) is 47.4 Å². The minimum Gasteiger partial charge on any atom is -0.496 e. The van der Waals surface area contributed by atoms with E-state index in [0.717, 1.165) is 39.8 Å². The minimum atomic E-state index is -0.241. The highest BCUT2D eigenvalue weighted by Crippen LogP contribution is 2.36. The summed E-state index contributed by atoms with van der Waals surface area (Å²) in [5.41, 5.74) is 3.96. The summed E-state index contributed by atoms with van der Waals surface area (Å²) in [6, 6.07) is 13.6. The Hall–Kier alpha value is -2.53. The van der Waals surface area contributed by atoms with E-state index in [1.165, 1.54) is 4.90 Å². The third-order valence-electron chi connectivity index (χ3n) is 4.58. The number of hydrogen-bond acceptors (Lipinski definition) is 4. The molecule has 0 spiro atoms. The van der Waals surface area contributed by atoms with E-state index < -0.39 is 0 Å². The van der Waals surface area contributed by atoms with Gasteiger partial charge in [-0.3, -0.25) is 14.5 Å². The fourth-order valence-corrected chi connectivity index (χ4v) is 3.87. The average Bonchev–Trinajstić information content (AvgIpc) is 2.91. The summed E-state index contributed by atoms with van der Waals surface area (Å²) >= 11 is 0.996. The van der Waals surface area contributed by atoms with Crippen molar-refractivity contribution < 1.29 is 14.3 Å². The number of amides is 2. The van der Waals surface area contributed by atoms with Crippen LogP contribution in [0.4, 0.5) is 4.79 Å². The number of methoxy groups -OCH3 is 1. The number of carbonyl (C=O) groups excluding carboxylic acids is 2. The van der Waals surface area contributed by atoms with Crippen LogP contribution >= 0.6 is 11.8 Å². The van der Waals surface area contributed by atoms with Crippen LogP contribution in [0.5, 0.6) is 5.75 Å². The zero-order valence-electron chi connectivity index (χ0n) is 16.0. The molecule has 0 aliphatic carbocycles. The fourth-order valence-electron chi connectivity index (χ4n) is 3.04. The molecule has 0 N–H and O–H groups in total. The molecule has 27 heavy (non-hydrogen) atoms. The van der Waals surface area contributed by atoms with Crippen LogP contribution in [0.1, 0.15) is 42.0 Å². The Balaban J connectivity index is 1.91. The Morgan fingerprint density at radius 1 is 1.15 bits per heavy atom. The number of thioether (sulfide) groups is 1. The summed E-state index contributed by atoms with van der Waals surface area (Å²) in [7, 11) is 1.66. The maximum Gasteiger partial charge on any atom is 0.293 e. The van der Waals surface area contributed by atoms with E-state index in [9.17, 15) is 9.59 Å². The zero-order valence-corrected chi connectivity index (χ0v) is 16.8.